The number of aryl methyl sites for hydroxylation is 2. The van der Waals surface area contributed by atoms with Crippen LogP contribution >= 0.6 is 0 Å². The van der Waals surface area contributed by atoms with Crippen LogP contribution in [0.25, 0.3) is 0 Å². The molecule has 0 amide bonds. The van der Waals surface area contributed by atoms with Gasteiger partial charge < -0.3 is 5.32 Å². The van der Waals surface area contributed by atoms with Crippen LogP contribution in [-0.4, -0.2) is 33.0 Å². The van der Waals surface area contributed by atoms with Crippen molar-refractivity contribution >= 4 is 9.84 Å². The highest BCUT2D eigenvalue weighted by atomic mass is 32.2. The third kappa shape index (κ3) is 5.19. The summed E-state index contributed by atoms with van der Waals surface area (Å²) in [5.74, 6) is 0.189. The molecule has 0 aliphatic rings. The Bertz CT molecular complexity index is 495. The summed E-state index contributed by atoms with van der Waals surface area (Å²) in [7, 11) is -2.95. The van der Waals surface area contributed by atoms with Crippen molar-refractivity contribution in [2.75, 3.05) is 18.6 Å². The molecule has 0 saturated carbocycles. The van der Waals surface area contributed by atoms with Gasteiger partial charge in [0.2, 0.25) is 0 Å². The monoisotopic (exact) mass is 269 g/mol. The number of likely N-dealkylation sites (N-methyl/N-ethyl adjacent to an activating group) is 1. The van der Waals surface area contributed by atoms with Crippen molar-refractivity contribution in [2.24, 2.45) is 0 Å². The quantitative estimate of drug-likeness (QED) is 0.857. The van der Waals surface area contributed by atoms with Gasteiger partial charge >= 0.3 is 0 Å². The van der Waals surface area contributed by atoms with Crippen LogP contribution in [0.1, 0.15) is 23.6 Å². The topological polar surface area (TPSA) is 46.2 Å². The van der Waals surface area contributed by atoms with Crippen molar-refractivity contribution in [3.05, 3.63) is 34.9 Å². The van der Waals surface area contributed by atoms with Gasteiger partial charge in [0.1, 0.15) is 9.84 Å². The summed E-state index contributed by atoms with van der Waals surface area (Å²) in [6.07, 6.45) is 2.05. The van der Waals surface area contributed by atoms with Crippen molar-refractivity contribution < 1.29 is 8.42 Å². The molecule has 0 fully saturated rings. The van der Waals surface area contributed by atoms with Crippen LogP contribution in [-0.2, 0) is 16.3 Å². The second kappa shape index (κ2) is 6.34. The van der Waals surface area contributed by atoms with E-state index in [0.717, 1.165) is 13.0 Å². The molecular formula is C14H23NO2S. The molecule has 1 rings (SSSR count). The van der Waals surface area contributed by atoms with E-state index in [2.05, 4.69) is 37.4 Å². The third-order valence-corrected chi connectivity index (χ3v) is 3.98. The first-order valence-electron chi connectivity index (χ1n) is 6.29. The normalized spacial score (nSPS) is 13.6. The largest absolute Gasteiger partial charge is 0.313 e. The molecule has 1 aromatic rings. The lowest BCUT2D eigenvalue weighted by molar-refractivity contribution is 0.544. The number of hydrogen-bond donors (Lipinski definition) is 1. The van der Waals surface area contributed by atoms with Gasteiger partial charge in [-0.3, -0.25) is 0 Å². The first-order valence-corrected chi connectivity index (χ1v) is 8.35. The van der Waals surface area contributed by atoms with Gasteiger partial charge in [-0.1, -0.05) is 30.7 Å². The maximum Gasteiger partial charge on any atom is 0.148 e. The minimum atomic E-state index is -2.95. The van der Waals surface area contributed by atoms with Crippen LogP contribution in [0.3, 0.4) is 0 Å². The minimum absolute atomic E-state index is 0.00880. The summed E-state index contributed by atoms with van der Waals surface area (Å²) in [5.41, 5.74) is 3.66. The van der Waals surface area contributed by atoms with Crippen LogP contribution < -0.4 is 5.32 Å². The molecule has 0 aliphatic carbocycles. The van der Waals surface area contributed by atoms with E-state index in [1.807, 2.05) is 6.92 Å². The minimum Gasteiger partial charge on any atom is -0.313 e. The standard InChI is InChI=1S/C14H23NO2S/c1-5-15-14(10-18(4,16)17)9-13-8-11(2)6-7-12(13)3/h6-8,14-15H,5,9-10H2,1-4H3. The predicted molar refractivity (Wildman–Crippen MR) is 76.8 cm³/mol. The van der Waals surface area contributed by atoms with E-state index >= 15 is 0 Å². The zero-order valence-corrected chi connectivity index (χ0v) is 12.5. The number of nitrogens with one attached hydrogen (secondary N) is 1. The van der Waals surface area contributed by atoms with E-state index in [1.165, 1.54) is 22.9 Å². The molecule has 1 atom stereocenters. The molecular weight excluding hydrogens is 246 g/mol. The molecule has 4 heteroatoms. The van der Waals surface area contributed by atoms with Crippen LogP contribution in [0.5, 0.6) is 0 Å². The molecule has 0 heterocycles. The molecule has 1 aromatic carbocycles. The molecule has 0 bridgehead atoms. The number of sulfone groups is 1. The SMILES string of the molecule is CCNC(Cc1cc(C)ccc1C)CS(C)(=O)=O. The fraction of sp³-hybridized carbons (Fsp3) is 0.571. The molecule has 0 saturated heterocycles. The van der Waals surface area contributed by atoms with E-state index in [9.17, 15) is 8.42 Å². The Hall–Kier alpha value is -0.870. The molecule has 1 N–H and O–H groups in total. The lowest BCUT2D eigenvalue weighted by atomic mass is 9.99. The lowest BCUT2D eigenvalue weighted by Gasteiger charge is -2.18. The zero-order chi connectivity index (χ0) is 13.8. The lowest BCUT2D eigenvalue weighted by Crippen LogP contribution is -2.37. The van der Waals surface area contributed by atoms with E-state index in [1.54, 1.807) is 0 Å². The molecule has 0 aromatic heterocycles. The average Bonchev–Trinajstić information content (AvgIpc) is 2.21. The smallest absolute Gasteiger partial charge is 0.148 e. The summed E-state index contributed by atoms with van der Waals surface area (Å²) >= 11 is 0. The summed E-state index contributed by atoms with van der Waals surface area (Å²) in [6, 6.07) is 6.30. The fourth-order valence-corrected chi connectivity index (χ4v) is 3.10. The Morgan fingerprint density at radius 3 is 2.50 bits per heavy atom. The molecule has 0 spiro atoms. The van der Waals surface area contributed by atoms with Gasteiger partial charge in [-0.15, -0.1) is 0 Å². The zero-order valence-electron chi connectivity index (χ0n) is 11.7. The third-order valence-electron chi connectivity index (χ3n) is 2.97. The van der Waals surface area contributed by atoms with Crippen molar-refractivity contribution in [1.82, 2.24) is 5.32 Å². The summed E-state index contributed by atoms with van der Waals surface area (Å²) < 4.78 is 22.8. The first kappa shape index (κ1) is 15.2. The van der Waals surface area contributed by atoms with Gasteiger partial charge in [0.05, 0.1) is 5.75 Å². The fourth-order valence-electron chi connectivity index (χ4n) is 2.13. The van der Waals surface area contributed by atoms with Crippen molar-refractivity contribution in [1.29, 1.82) is 0 Å². The highest BCUT2D eigenvalue weighted by molar-refractivity contribution is 7.90. The van der Waals surface area contributed by atoms with Crippen molar-refractivity contribution in [2.45, 2.75) is 33.2 Å². The Kier molecular flexibility index (Phi) is 5.35. The number of hydrogen-bond acceptors (Lipinski definition) is 3. The second-order valence-corrected chi connectivity index (χ2v) is 7.17. The molecule has 0 radical (unpaired) electrons. The molecule has 18 heavy (non-hydrogen) atoms. The van der Waals surface area contributed by atoms with E-state index in [4.69, 9.17) is 0 Å². The Labute approximate surface area is 111 Å². The first-order chi connectivity index (χ1) is 8.31. The molecule has 1 unspecified atom stereocenters. The van der Waals surface area contributed by atoms with Gasteiger partial charge in [0.25, 0.3) is 0 Å². The maximum atomic E-state index is 11.4. The van der Waals surface area contributed by atoms with E-state index in [-0.39, 0.29) is 11.8 Å². The highest BCUT2D eigenvalue weighted by Gasteiger charge is 2.15. The number of rotatable bonds is 6. The number of benzene rings is 1. The van der Waals surface area contributed by atoms with Gasteiger partial charge in [0, 0.05) is 12.3 Å². The van der Waals surface area contributed by atoms with Gasteiger partial charge in [0.15, 0.2) is 0 Å². The Morgan fingerprint density at radius 1 is 1.28 bits per heavy atom. The Morgan fingerprint density at radius 2 is 1.94 bits per heavy atom. The summed E-state index contributed by atoms with van der Waals surface area (Å²) in [5, 5.41) is 3.26. The van der Waals surface area contributed by atoms with Gasteiger partial charge in [-0.25, -0.2) is 8.42 Å². The average molecular weight is 269 g/mol. The van der Waals surface area contributed by atoms with Crippen LogP contribution in [0, 0.1) is 13.8 Å². The van der Waals surface area contributed by atoms with E-state index in [0.29, 0.717) is 0 Å². The molecule has 3 nitrogen and oxygen atoms in total. The molecule has 102 valence electrons. The van der Waals surface area contributed by atoms with Crippen LogP contribution in [0.2, 0.25) is 0 Å². The summed E-state index contributed by atoms with van der Waals surface area (Å²) in [4.78, 5) is 0. The highest BCUT2D eigenvalue weighted by Crippen LogP contribution is 2.13. The van der Waals surface area contributed by atoms with Crippen molar-refractivity contribution in [3.8, 4) is 0 Å². The molecule has 0 aliphatic heterocycles. The van der Waals surface area contributed by atoms with E-state index < -0.39 is 9.84 Å². The van der Waals surface area contributed by atoms with Gasteiger partial charge in [-0.2, -0.15) is 0 Å². The van der Waals surface area contributed by atoms with Crippen LogP contribution in [0.15, 0.2) is 18.2 Å². The Balaban J connectivity index is 2.85. The second-order valence-electron chi connectivity index (χ2n) is 4.98. The predicted octanol–water partition coefficient (Wildman–Crippen LogP) is 1.87. The van der Waals surface area contributed by atoms with Gasteiger partial charge in [-0.05, 0) is 37.9 Å². The van der Waals surface area contributed by atoms with Crippen molar-refractivity contribution in [3.63, 3.8) is 0 Å². The summed E-state index contributed by atoms with van der Waals surface area (Å²) in [6.45, 7) is 6.91. The van der Waals surface area contributed by atoms with Crippen LogP contribution in [0.4, 0.5) is 0 Å². The maximum absolute atomic E-state index is 11.4.